The molecule has 7 heteroatoms. The molecule has 3 aliphatic rings. The quantitative estimate of drug-likeness (QED) is 0.707. The fourth-order valence-corrected chi connectivity index (χ4v) is 4.67. The van der Waals surface area contributed by atoms with Gasteiger partial charge in [-0.15, -0.1) is 0 Å². The van der Waals surface area contributed by atoms with Crippen molar-refractivity contribution in [2.45, 2.75) is 12.0 Å². The minimum atomic E-state index is -0.362. The Balaban J connectivity index is 0.00000181. The summed E-state index contributed by atoms with van der Waals surface area (Å²) in [5, 5.41) is 1.03. The Morgan fingerprint density at radius 3 is 2.82 bits per heavy atom. The van der Waals surface area contributed by atoms with Crippen LogP contribution in [-0.2, 0) is 4.79 Å². The van der Waals surface area contributed by atoms with Gasteiger partial charge in [0.25, 0.3) is 0 Å². The zero-order chi connectivity index (χ0) is 19.0. The number of nitrogens with one attached hydrogen (secondary N) is 1. The van der Waals surface area contributed by atoms with Crippen LogP contribution in [0.1, 0.15) is 30.2 Å². The SMILES string of the molecule is CN1C(=O)[C@@H]2CN(C1=O)[C@@H](c1ccc3c(c1)OCO3)c1[nH]c3ccccc3c12.[HH]. The summed E-state index contributed by atoms with van der Waals surface area (Å²) in [7, 11) is 1.56. The predicted octanol–water partition coefficient (Wildman–Crippen LogP) is 3.22. The normalized spacial score (nSPS) is 22.8. The maximum atomic E-state index is 12.9. The standard InChI is InChI=1S/C21H17N3O4.H2/c1-23-20(25)13-9-24(21(23)26)19(11-6-7-15-16(8-11)28-10-27-15)18-17(13)12-4-2-3-5-14(12)22-18;/h2-8,13,19,22H,9-10H2,1H3;1H/t13-,19+;/m1./s1. The van der Waals surface area contributed by atoms with E-state index in [-0.39, 0.29) is 32.1 Å². The molecule has 4 heterocycles. The van der Waals surface area contributed by atoms with Crippen LogP contribution in [0.3, 0.4) is 0 Å². The topological polar surface area (TPSA) is 74.9 Å². The number of para-hydroxylation sites is 1. The Labute approximate surface area is 161 Å². The molecule has 3 aliphatic heterocycles. The molecule has 2 bridgehead atoms. The predicted molar refractivity (Wildman–Crippen MR) is 102 cm³/mol. The van der Waals surface area contributed by atoms with E-state index < -0.39 is 0 Å². The molecule has 3 aromatic rings. The number of hydrogen-bond acceptors (Lipinski definition) is 4. The number of nitrogens with zero attached hydrogens (tertiary/aromatic N) is 2. The van der Waals surface area contributed by atoms with Gasteiger partial charge in [-0.2, -0.15) is 0 Å². The average molecular weight is 377 g/mol. The lowest BCUT2D eigenvalue weighted by Gasteiger charge is -2.45. The lowest BCUT2D eigenvalue weighted by atomic mass is 9.83. The highest BCUT2D eigenvalue weighted by Crippen LogP contribution is 2.47. The molecular weight excluding hydrogens is 358 g/mol. The third kappa shape index (κ3) is 1.88. The number of imide groups is 1. The first-order valence-electron chi connectivity index (χ1n) is 9.21. The molecule has 1 aromatic heterocycles. The van der Waals surface area contributed by atoms with Crippen molar-refractivity contribution < 1.29 is 20.5 Å². The number of fused-ring (bicyclic) bond motifs is 7. The second kappa shape index (κ2) is 5.28. The van der Waals surface area contributed by atoms with Gasteiger partial charge in [-0.25, -0.2) is 4.79 Å². The number of aromatic nitrogens is 1. The monoisotopic (exact) mass is 377 g/mol. The maximum absolute atomic E-state index is 12.9. The lowest BCUT2D eigenvalue weighted by Crippen LogP contribution is -2.57. The van der Waals surface area contributed by atoms with Gasteiger partial charge in [-0.3, -0.25) is 9.69 Å². The van der Waals surface area contributed by atoms with Gasteiger partial charge in [-0.05, 0) is 29.3 Å². The van der Waals surface area contributed by atoms with Gasteiger partial charge in [0.2, 0.25) is 12.7 Å². The maximum Gasteiger partial charge on any atom is 0.327 e. The molecular formula is C21H19N3O4. The zero-order valence-electron chi connectivity index (χ0n) is 15.1. The van der Waals surface area contributed by atoms with Crippen molar-refractivity contribution in [3.05, 3.63) is 59.3 Å². The number of amides is 3. The number of likely N-dealkylation sites (N-methyl/N-ethyl adjacent to an activating group) is 1. The molecule has 0 saturated carbocycles. The molecule has 0 spiro atoms. The van der Waals surface area contributed by atoms with Crippen LogP contribution in [0, 0.1) is 0 Å². The molecule has 142 valence electrons. The largest absolute Gasteiger partial charge is 0.454 e. The van der Waals surface area contributed by atoms with Gasteiger partial charge >= 0.3 is 6.03 Å². The van der Waals surface area contributed by atoms with Crippen LogP contribution < -0.4 is 9.47 Å². The van der Waals surface area contributed by atoms with E-state index in [9.17, 15) is 9.59 Å². The van der Waals surface area contributed by atoms with E-state index >= 15 is 0 Å². The first kappa shape index (κ1) is 15.6. The summed E-state index contributed by atoms with van der Waals surface area (Å²) in [5.41, 5.74) is 3.77. The van der Waals surface area contributed by atoms with Gasteiger partial charge in [0.15, 0.2) is 11.5 Å². The van der Waals surface area contributed by atoms with E-state index in [1.165, 1.54) is 4.90 Å². The van der Waals surface area contributed by atoms with Crippen molar-refractivity contribution in [1.29, 1.82) is 0 Å². The second-order valence-corrected chi connectivity index (χ2v) is 7.40. The Morgan fingerprint density at radius 1 is 1.11 bits per heavy atom. The summed E-state index contributed by atoms with van der Waals surface area (Å²) in [4.78, 5) is 32.3. The molecule has 6 rings (SSSR count). The minimum Gasteiger partial charge on any atom is -0.454 e. The van der Waals surface area contributed by atoms with E-state index in [0.717, 1.165) is 27.7 Å². The smallest absolute Gasteiger partial charge is 0.327 e. The number of rotatable bonds is 1. The third-order valence-electron chi connectivity index (χ3n) is 5.96. The summed E-state index contributed by atoms with van der Waals surface area (Å²) in [6.07, 6.45) is 0. The zero-order valence-corrected chi connectivity index (χ0v) is 15.1. The highest BCUT2D eigenvalue weighted by molar-refractivity contribution is 6.04. The van der Waals surface area contributed by atoms with Crippen molar-refractivity contribution in [3.63, 3.8) is 0 Å². The third-order valence-corrected chi connectivity index (χ3v) is 5.96. The summed E-state index contributed by atoms with van der Waals surface area (Å²) < 4.78 is 11.0. The van der Waals surface area contributed by atoms with Crippen LogP contribution in [0.2, 0.25) is 0 Å². The second-order valence-electron chi connectivity index (χ2n) is 7.40. The van der Waals surface area contributed by atoms with Crippen LogP contribution in [0.4, 0.5) is 4.79 Å². The van der Waals surface area contributed by atoms with Gasteiger partial charge in [-0.1, -0.05) is 24.3 Å². The molecule has 2 atom stereocenters. The summed E-state index contributed by atoms with van der Waals surface area (Å²) in [6.45, 7) is 0.568. The van der Waals surface area contributed by atoms with E-state index in [4.69, 9.17) is 9.47 Å². The van der Waals surface area contributed by atoms with Crippen LogP contribution >= 0.6 is 0 Å². The number of H-pyrrole nitrogens is 1. The van der Waals surface area contributed by atoms with Crippen molar-refractivity contribution in [3.8, 4) is 11.5 Å². The van der Waals surface area contributed by atoms with Gasteiger partial charge < -0.3 is 19.4 Å². The van der Waals surface area contributed by atoms with Crippen molar-refractivity contribution in [2.75, 3.05) is 20.4 Å². The Hall–Kier alpha value is -3.48. The molecule has 3 amide bonds. The Morgan fingerprint density at radius 2 is 1.93 bits per heavy atom. The fourth-order valence-electron chi connectivity index (χ4n) is 4.67. The molecule has 1 N–H and O–H groups in total. The highest BCUT2D eigenvalue weighted by Gasteiger charge is 2.48. The number of hydrogen-bond donors (Lipinski definition) is 1. The van der Waals surface area contributed by atoms with Crippen LogP contribution in [0.25, 0.3) is 10.9 Å². The Kier molecular flexibility index (Phi) is 2.94. The average Bonchev–Trinajstić information content (AvgIpc) is 3.33. The first-order chi connectivity index (χ1) is 13.6. The van der Waals surface area contributed by atoms with Crippen LogP contribution in [0.15, 0.2) is 42.5 Å². The van der Waals surface area contributed by atoms with E-state index in [2.05, 4.69) is 4.98 Å². The van der Waals surface area contributed by atoms with Crippen LogP contribution in [-0.4, -0.2) is 47.1 Å². The molecule has 1 fully saturated rings. The van der Waals surface area contributed by atoms with Gasteiger partial charge in [0.05, 0.1) is 12.0 Å². The van der Waals surface area contributed by atoms with E-state index in [0.29, 0.717) is 18.0 Å². The minimum absolute atomic E-state index is 0. The van der Waals surface area contributed by atoms with Crippen molar-refractivity contribution in [1.82, 2.24) is 14.8 Å². The molecule has 0 radical (unpaired) electrons. The van der Waals surface area contributed by atoms with Crippen LogP contribution in [0.5, 0.6) is 11.5 Å². The summed E-state index contributed by atoms with van der Waals surface area (Å²) in [5.74, 6) is 0.855. The highest BCUT2D eigenvalue weighted by atomic mass is 16.7. The first-order valence-corrected chi connectivity index (χ1v) is 9.21. The molecule has 1 saturated heterocycles. The lowest BCUT2D eigenvalue weighted by molar-refractivity contribution is -0.132. The summed E-state index contributed by atoms with van der Waals surface area (Å²) in [6, 6.07) is 13.1. The number of aromatic amines is 1. The number of urea groups is 1. The summed E-state index contributed by atoms with van der Waals surface area (Å²) >= 11 is 0. The molecule has 0 unspecified atom stereocenters. The number of carbonyl (C=O) groups is 2. The molecule has 28 heavy (non-hydrogen) atoms. The fraction of sp³-hybridized carbons (Fsp3) is 0.238. The number of carbonyl (C=O) groups excluding carboxylic acids is 2. The molecule has 0 aliphatic carbocycles. The molecule has 2 aromatic carbocycles. The number of benzene rings is 2. The van der Waals surface area contributed by atoms with E-state index in [1.54, 1.807) is 11.9 Å². The van der Waals surface area contributed by atoms with Gasteiger partial charge in [0.1, 0.15) is 0 Å². The van der Waals surface area contributed by atoms with Crippen molar-refractivity contribution >= 4 is 22.8 Å². The van der Waals surface area contributed by atoms with Crippen molar-refractivity contribution in [2.24, 2.45) is 0 Å². The van der Waals surface area contributed by atoms with E-state index in [1.807, 2.05) is 42.5 Å². The Bertz CT molecular complexity index is 1170. The number of ether oxygens (including phenoxy) is 2. The molecule has 7 nitrogen and oxygen atoms in total. The van der Waals surface area contributed by atoms with Gasteiger partial charge in [0, 0.05) is 31.6 Å².